The van der Waals surface area contributed by atoms with Gasteiger partial charge in [-0.15, -0.1) is 29.1 Å². The average molecular weight is 339 g/mol. The van der Waals surface area contributed by atoms with Gasteiger partial charge in [-0.25, -0.2) is 4.68 Å². The first kappa shape index (κ1) is 15.8. The molecule has 118 valence electrons. The average Bonchev–Trinajstić information content (AvgIpc) is 3.06. The zero-order valence-electron chi connectivity index (χ0n) is 12.4. The normalized spacial score (nSPS) is 26.7. The molecule has 3 saturated heterocycles. The van der Waals surface area contributed by atoms with Crippen LogP contribution in [0.25, 0.3) is 11.3 Å². The van der Waals surface area contributed by atoms with Crippen molar-refractivity contribution in [3.05, 3.63) is 36.0 Å². The molecular formula is C16H20Cl2N4. The van der Waals surface area contributed by atoms with E-state index in [9.17, 15) is 0 Å². The first-order valence-corrected chi connectivity index (χ1v) is 8.16. The molecule has 3 fully saturated rings. The first-order valence-electron chi connectivity index (χ1n) is 7.63. The molecule has 0 saturated carbocycles. The summed E-state index contributed by atoms with van der Waals surface area (Å²) in [6.45, 7) is 3.63. The fourth-order valence-electron chi connectivity index (χ4n) is 3.57. The van der Waals surface area contributed by atoms with Gasteiger partial charge in [0.25, 0.3) is 0 Å². The second-order valence-corrected chi connectivity index (χ2v) is 6.39. The highest BCUT2D eigenvalue weighted by atomic mass is 35.5. The van der Waals surface area contributed by atoms with E-state index in [0.29, 0.717) is 11.9 Å². The standard InChI is InChI=1S/C16H19ClN4.ClH/c17-9-12-1-3-13(4-2-12)15-10-21(19-18-15)16-11-20-7-5-14(16)6-8-20;/h1-4,10,14,16H,5-9,11H2;1H/t16-;/m0./s1. The first-order chi connectivity index (χ1) is 10.3. The molecule has 1 aromatic carbocycles. The minimum Gasteiger partial charge on any atom is -0.301 e. The Balaban J connectivity index is 0.00000144. The van der Waals surface area contributed by atoms with E-state index >= 15 is 0 Å². The third kappa shape index (κ3) is 2.87. The van der Waals surface area contributed by atoms with Gasteiger partial charge in [0.1, 0.15) is 5.69 Å². The number of hydrogen-bond acceptors (Lipinski definition) is 3. The van der Waals surface area contributed by atoms with Crippen molar-refractivity contribution in [2.75, 3.05) is 19.6 Å². The largest absolute Gasteiger partial charge is 0.301 e. The van der Waals surface area contributed by atoms with Crippen LogP contribution in [0.2, 0.25) is 0 Å². The lowest BCUT2D eigenvalue weighted by Gasteiger charge is -2.44. The lowest BCUT2D eigenvalue weighted by Crippen LogP contribution is -2.48. The van der Waals surface area contributed by atoms with Gasteiger partial charge in [0.2, 0.25) is 0 Å². The van der Waals surface area contributed by atoms with Crippen molar-refractivity contribution < 1.29 is 0 Å². The number of fused-ring (bicyclic) bond motifs is 3. The van der Waals surface area contributed by atoms with Gasteiger partial charge in [0.05, 0.1) is 12.2 Å². The van der Waals surface area contributed by atoms with Crippen LogP contribution < -0.4 is 0 Å². The van der Waals surface area contributed by atoms with Crippen molar-refractivity contribution >= 4 is 24.0 Å². The molecule has 6 heteroatoms. The quantitative estimate of drug-likeness (QED) is 0.804. The van der Waals surface area contributed by atoms with Crippen LogP contribution in [0.5, 0.6) is 0 Å². The van der Waals surface area contributed by atoms with Crippen LogP contribution in [0.15, 0.2) is 30.5 Å². The second-order valence-electron chi connectivity index (χ2n) is 6.12. The fourth-order valence-corrected chi connectivity index (χ4v) is 3.75. The summed E-state index contributed by atoms with van der Waals surface area (Å²) in [5.74, 6) is 1.32. The number of alkyl halides is 1. The number of halogens is 2. The molecule has 1 aromatic heterocycles. The Morgan fingerprint density at radius 1 is 1.14 bits per heavy atom. The molecule has 0 N–H and O–H groups in total. The van der Waals surface area contributed by atoms with E-state index in [2.05, 4.69) is 50.4 Å². The van der Waals surface area contributed by atoms with Crippen molar-refractivity contribution in [2.24, 2.45) is 5.92 Å². The molecule has 1 atom stereocenters. The lowest BCUT2D eigenvalue weighted by atomic mass is 9.84. The van der Waals surface area contributed by atoms with Gasteiger partial charge >= 0.3 is 0 Å². The topological polar surface area (TPSA) is 34.0 Å². The number of benzene rings is 1. The summed E-state index contributed by atoms with van der Waals surface area (Å²) in [7, 11) is 0. The SMILES string of the molecule is Cl.ClCc1ccc(-c2cn([C@H]3CN4CCC3CC4)nn2)cc1. The van der Waals surface area contributed by atoms with Crippen molar-refractivity contribution in [2.45, 2.75) is 24.8 Å². The summed E-state index contributed by atoms with van der Waals surface area (Å²) < 4.78 is 2.08. The van der Waals surface area contributed by atoms with Crippen LogP contribution in [0.4, 0.5) is 0 Å². The highest BCUT2D eigenvalue weighted by Crippen LogP contribution is 2.35. The van der Waals surface area contributed by atoms with E-state index in [4.69, 9.17) is 11.6 Å². The number of rotatable bonds is 3. The van der Waals surface area contributed by atoms with Gasteiger partial charge < -0.3 is 4.90 Å². The number of nitrogens with zero attached hydrogens (tertiary/aromatic N) is 4. The van der Waals surface area contributed by atoms with E-state index < -0.39 is 0 Å². The van der Waals surface area contributed by atoms with E-state index in [-0.39, 0.29) is 12.4 Å². The minimum absolute atomic E-state index is 0. The summed E-state index contributed by atoms with van der Waals surface area (Å²) in [4.78, 5) is 2.54. The van der Waals surface area contributed by atoms with Gasteiger partial charge in [-0.1, -0.05) is 29.5 Å². The van der Waals surface area contributed by atoms with Gasteiger partial charge in [-0.3, -0.25) is 0 Å². The van der Waals surface area contributed by atoms with E-state index in [1.54, 1.807) is 0 Å². The highest BCUT2D eigenvalue weighted by Gasteiger charge is 2.35. The monoisotopic (exact) mass is 338 g/mol. The molecule has 0 spiro atoms. The molecule has 0 unspecified atom stereocenters. The van der Waals surface area contributed by atoms with Crippen LogP contribution in [-0.2, 0) is 5.88 Å². The Morgan fingerprint density at radius 3 is 2.45 bits per heavy atom. The Labute approximate surface area is 141 Å². The van der Waals surface area contributed by atoms with Gasteiger partial charge in [0.15, 0.2) is 0 Å². The summed E-state index contributed by atoms with van der Waals surface area (Å²) in [6.07, 6.45) is 4.69. The lowest BCUT2D eigenvalue weighted by molar-refractivity contribution is 0.0504. The maximum absolute atomic E-state index is 5.83. The zero-order chi connectivity index (χ0) is 14.2. The molecule has 3 aliphatic heterocycles. The van der Waals surface area contributed by atoms with E-state index in [0.717, 1.165) is 29.3 Å². The molecule has 2 aromatic rings. The molecule has 3 aliphatic rings. The van der Waals surface area contributed by atoms with Crippen LogP contribution >= 0.6 is 24.0 Å². The van der Waals surface area contributed by atoms with Gasteiger partial charge in [0, 0.05) is 18.0 Å². The molecular weight excluding hydrogens is 319 g/mol. The summed E-state index contributed by atoms with van der Waals surface area (Å²) in [5, 5.41) is 8.75. The van der Waals surface area contributed by atoms with E-state index in [1.807, 2.05) is 0 Å². The molecule has 22 heavy (non-hydrogen) atoms. The zero-order valence-corrected chi connectivity index (χ0v) is 13.9. The number of piperidine rings is 3. The van der Waals surface area contributed by atoms with E-state index in [1.165, 1.54) is 25.9 Å². The van der Waals surface area contributed by atoms with Gasteiger partial charge in [-0.05, 0) is 37.4 Å². The molecule has 0 aliphatic carbocycles. The van der Waals surface area contributed by atoms with Crippen molar-refractivity contribution in [1.82, 2.24) is 19.9 Å². The smallest absolute Gasteiger partial charge is 0.113 e. The van der Waals surface area contributed by atoms with Crippen molar-refractivity contribution in [3.63, 3.8) is 0 Å². The maximum Gasteiger partial charge on any atom is 0.113 e. The molecule has 0 radical (unpaired) electrons. The minimum atomic E-state index is 0. The summed E-state index contributed by atoms with van der Waals surface area (Å²) in [5.41, 5.74) is 3.19. The Hall–Kier alpha value is -1.10. The highest BCUT2D eigenvalue weighted by molar-refractivity contribution is 6.17. The third-order valence-electron chi connectivity index (χ3n) is 4.88. The Bertz CT molecular complexity index is 617. The predicted molar refractivity (Wildman–Crippen MR) is 90.5 cm³/mol. The number of hydrogen-bond donors (Lipinski definition) is 0. The van der Waals surface area contributed by atoms with Crippen LogP contribution in [0.1, 0.15) is 24.4 Å². The Kier molecular flexibility index (Phi) is 4.71. The van der Waals surface area contributed by atoms with Crippen molar-refractivity contribution in [1.29, 1.82) is 0 Å². The summed E-state index contributed by atoms with van der Waals surface area (Å²) >= 11 is 5.83. The second kappa shape index (κ2) is 6.57. The molecule has 5 rings (SSSR count). The summed E-state index contributed by atoms with van der Waals surface area (Å²) in [6, 6.07) is 8.74. The fraction of sp³-hybridized carbons (Fsp3) is 0.500. The molecule has 2 bridgehead atoms. The van der Waals surface area contributed by atoms with Crippen LogP contribution in [-0.4, -0.2) is 39.5 Å². The van der Waals surface area contributed by atoms with Crippen LogP contribution in [0.3, 0.4) is 0 Å². The van der Waals surface area contributed by atoms with Gasteiger partial charge in [-0.2, -0.15) is 0 Å². The molecule has 4 heterocycles. The number of aromatic nitrogens is 3. The van der Waals surface area contributed by atoms with Crippen LogP contribution in [0, 0.1) is 5.92 Å². The third-order valence-corrected chi connectivity index (χ3v) is 5.18. The maximum atomic E-state index is 5.83. The predicted octanol–water partition coefficient (Wildman–Crippen LogP) is 3.37. The van der Waals surface area contributed by atoms with Crippen molar-refractivity contribution in [3.8, 4) is 11.3 Å². The Morgan fingerprint density at radius 2 is 1.86 bits per heavy atom. The molecule has 0 amide bonds. The molecule has 4 nitrogen and oxygen atoms in total.